The van der Waals surface area contributed by atoms with Crippen LogP contribution in [-0.4, -0.2) is 6.61 Å². The van der Waals surface area contributed by atoms with Crippen LogP contribution >= 0.6 is 15.9 Å². The second-order valence-electron chi connectivity index (χ2n) is 4.71. The molecule has 0 aliphatic heterocycles. The lowest BCUT2D eigenvalue weighted by Gasteiger charge is -2.13. The molecule has 0 saturated heterocycles. The van der Waals surface area contributed by atoms with Gasteiger partial charge in [0, 0.05) is 0 Å². The summed E-state index contributed by atoms with van der Waals surface area (Å²) in [7, 11) is 0. The number of alkyl halides is 1. The molecule has 0 bridgehead atoms. The largest absolute Gasteiger partial charge is 0.494 e. The third-order valence-corrected chi connectivity index (χ3v) is 4.36. The summed E-state index contributed by atoms with van der Waals surface area (Å²) in [6.45, 7) is 6.99. The summed E-state index contributed by atoms with van der Waals surface area (Å²) in [5, 5.41) is 0. The maximum absolute atomic E-state index is 5.47. The molecule has 1 unspecified atom stereocenters. The summed E-state index contributed by atoms with van der Waals surface area (Å²) in [6.07, 6.45) is 0. The lowest BCUT2D eigenvalue weighted by molar-refractivity contribution is 0.340. The minimum Gasteiger partial charge on any atom is -0.494 e. The Labute approximate surface area is 123 Å². The quantitative estimate of drug-likeness (QED) is 0.705. The number of hydrogen-bond acceptors (Lipinski definition) is 1. The molecular formula is C17H19BrO. The predicted octanol–water partition coefficient (Wildman–Crippen LogP) is 5.19. The van der Waals surface area contributed by atoms with Gasteiger partial charge in [0.2, 0.25) is 0 Å². The third kappa shape index (κ3) is 3.38. The summed E-state index contributed by atoms with van der Waals surface area (Å²) < 4.78 is 5.47. The Kier molecular flexibility index (Phi) is 4.65. The van der Waals surface area contributed by atoms with Gasteiger partial charge in [-0.05, 0) is 55.2 Å². The first kappa shape index (κ1) is 14.1. The van der Waals surface area contributed by atoms with Gasteiger partial charge < -0.3 is 4.74 Å². The molecule has 0 spiro atoms. The van der Waals surface area contributed by atoms with Crippen LogP contribution in [0.2, 0.25) is 0 Å². The number of halogens is 1. The van der Waals surface area contributed by atoms with Crippen molar-refractivity contribution in [2.45, 2.75) is 25.6 Å². The van der Waals surface area contributed by atoms with E-state index in [0.717, 1.165) is 5.75 Å². The molecule has 2 aromatic rings. The van der Waals surface area contributed by atoms with Crippen molar-refractivity contribution in [3.05, 3.63) is 64.7 Å². The van der Waals surface area contributed by atoms with Crippen molar-refractivity contribution in [2.75, 3.05) is 6.61 Å². The van der Waals surface area contributed by atoms with Gasteiger partial charge in [0.15, 0.2) is 0 Å². The van der Waals surface area contributed by atoms with Crippen LogP contribution in [0.5, 0.6) is 5.75 Å². The average molecular weight is 319 g/mol. The second-order valence-corrected chi connectivity index (χ2v) is 5.62. The Bertz CT molecular complexity index is 546. The highest BCUT2D eigenvalue weighted by molar-refractivity contribution is 9.09. The summed E-state index contributed by atoms with van der Waals surface area (Å²) >= 11 is 3.78. The highest BCUT2D eigenvalue weighted by atomic mass is 79.9. The maximum Gasteiger partial charge on any atom is 0.119 e. The number of rotatable bonds is 4. The molecule has 1 nitrogen and oxygen atoms in total. The van der Waals surface area contributed by atoms with Crippen molar-refractivity contribution >= 4 is 15.9 Å². The highest BCUT2D eigenvalue weighted by Crippen LogP contribution is 2.32. The summed E-state index contributed by atoms with van der Waals surface area (Å²) in [5.74, 6) is 0.922. The lowest BCUT2D eigenvalue weighted by atomic mass is 10.0. The molecule has 0 saturated carbocycles. The monoisotopic (exact) mass is 318 g/mol. The van der Waals surface area contributed by atoms with E-state index in [4.69, 9.17) is 4.74 Å². The van der Waals surface area contributed by atoms with Gasteiger partial charge in [-0.25, -0.2) is 0 Å². The van der Waals surface area contributed by atoms with Crippen molar-refractivity contribution < 1.29 is 4.74 Å². The van der Waals surface area contributed by atoms with Crippen molar-refractivity contribution in [3.8, 4) is 5.75 Å². The second kappa shape index (κ2) is 6.25. The van der Waals surface area contributed by atoms with Crippen LogP contribution in [0.1, 0.15) is 34.0 Å². The van der Waals surface area contributed by atoms with Crippen molar-refractivity contribution in [3.63, 3.8) is 0 Å². The van der Waals surface area contributed by atoms with E-state index < -0.39 is 0 Å². The molecule has 2 heteroatoms. The smallest absolute Gasteiger partial charge is 0.119 e. The third-order valence-electron chi connectivity index (χ3n) is 3.31. The van der Waals surface area contributed by atoms with Crippen LogP contribution in [0.25, 0.3) is 0 Å². The topological polar surface area (TPSA) is 9.23 Å². The molecule has 0 aromatic heterocycles. The van der Waals surface area contributed by atoms with Crippen LogP contribution in [0.4, 0.5) is 0 Å². The van der Waals surface area contributed by atoms with E-state index in [1.165, 1.54) is 22.3 Å². The summed E-state index contributed by atoms with van der Waals surface area (Å²) in [6, 6.07) is 14.9. The molecule has 0 aliphatic rings. The Morgan fingerprint density at radius 1 is 0.947 bits per heavy atom. The molecule has 2 aromatic carbocycles. The van der Waals surface area contributed by atoms with Crippen molar-refractivity contribution in [1.29, 1.82) is 0 Å². The van der Waals surface area contributed by atoms with E-state index in [2.05, 4.69) is 60.1 Å². The first-order valence-corrected chi connectivity index (χ1v) is 7.47. The summed E-state index contributed by atoms with van der Waals surface area (Å²) in [4.78, 5) is 0.225. The SMILES string of the molecule is CCOc1ccc(C(Br)c2ccc(C)c(C)c2)cc1. The fourth-order valence-corrected chi connectivity index (χ4v) is 2.60. The van der Waals surface area contributed by atoms with E-state index in [-0.39, 0.29) is 4.83 Å². The van der Waals surface area contributed by atoms with Crippen LogP contribution < -0.4 is 4.74 Å². The van der Waals surface area contributed by atoms with Gasteiger partial charge in [-0.1, -0.05) is 46.3 Å². The molecule has 0 fully saturated rings. The Balaban J connectivity index is 2.22. The molecule has 0 radical (unpaired) electrons. The van der Waals surface area contributed by atoms with E-state index in [1.54, 1.807) is 0 Å². The predicted molar refractivity (Wildman–Crippen MR) is 84.3 cm³/mol. The average Bonchev–Trinajstić information content (AvgIpc) is 2.42. The molecule has 0 heterocycles. The van der Waals surface area contributed by atoms with Crippen molar-refractivity contribution in [2.24, 2.45) is 0 Å². The first-order valence-electron chi connectivity index (χ1n) is 6.55. The van der Waals surface area contributed by atoms with Crippen molar-refractivity contribution in [1.82, 2.24) is 0 Å². The first-order chi connectivity index (χ1) is 9.11. The number of hydrogen-bond donors (Lipinski definition) is 0. The zero-order chi connectivity index (χ0) is 13.8. The highest BCUT2D eigenvalue weighted by Gasteiger charge is 2.11. The zero-order valence-electron chi connectivity index (χ0n) is 11.6. The molecule has 19 heavy (non-hydrogen) atoms. The normalized spacial score (nSPS) is 12.2. The Morgan fingerprint density at radius 3 is 2.16 bits per heavy atom. The van der Waals surface area contributed by atoms with Gasteiger partial charge in [0.05, 0.1) is 11.4 Å². The van der Waals surface area contributed by atoms with Gasteiger partial charge in [-0.15, -0.1) is 0 Å². The molecule has 0 N–H and O–H groups in total. The standard InChI is InChI=1S/C17H19BrO/c1-4-19-16-9-7-14(8-10-16)17(18)15-6-5-12(2)13(3)11-15/h5-11,17H,4H2,1-3H3. The minimum absolute atomic E-state index is 0.225. The fourth-order valence-electron chi connectivity index (χ4n) is 2.01. The maximum atomic E-state index is 5.47. The van der Waals surface area contributed by atoms with Gasteiger partial charge in [0.1, 0.15) is 5.75 Å². The van der Waals surface area contributed by atoms with Gasteiger partial charge >= 0.3 is 0 Å². The van der Waals surface area contributed by atoms with Gasteiger partial charge in [0.25, 0.3) is 0 Å². The molecule has 2 rings (SSSR count). The minimum atomic E-state index is 0.225. The summed E-state index contributed by atoms with van der Waals surface area (Å²) in [5.41, 5.74) is 5.18. The molecule has 1 atom stereocenters. The van der Waals surface area contributed by atoms with E-state index >= 15 is 0 Å². The van der Waals surface area contributed by atoms with E-state index in [9.17, 15) is 0 Å². The van der Waals surface area contributed by atoms with Crippen LogP contribution in [0.3, 0.4) is 0 Å². The fraction of sp³-hybridized carbons (Fsp3) is 0.294. The van der Waals surface area contributed by atoms with Crippen LogP contribution in [-0.2, 0) is 0 Å². The lowest BCUT2D eigenvalue weighted by Crippen LogP contribution is -1.96. The zero-order valence-corrected chi connectivity index (χ0v) is 13.2. The van der Waals surface area contributed by atoms with Crippen LogP contribution in [0.15, 0.2) is 42.5 Å². The Hall–Kier alpha value is -1.28. The molecule has 0 amide bonds. The van der Waals surface area contributed by atoms with Crippen LogP contribution in [0, 0.1) is 13.8 Å². The molecule has 100 valence electrons. The molecule has 0 aliphatic carbocycles. The number of ether oxygens (including phenoxy) is 1. The Morgan fingerprint density at radius 2 is 1.58 bits per heavy atom. The van der Waals surface area contributed by atoms with Gasteiger partial charge in [-0.3, -0.25) is 0 Å². The molecular weight excluding hydrogens is 300 g/mol. The number of benzene rings is 2. The van der Waals surface area contributed by atoms with E-state index in [0.29, 0.717) is 6.61 Å². The van der Waals surface area contributed by atoms with Gasteiger partial charge in [-0.2, -0.15) is 0 Å². The number of aryl methyl sites for hydroxylation is 2. The van der Waals surface area contributed by atoms with E-state index in [1.807, 2.05) is 19.1 Å².